The number of amides is 2. The molecule has 0 fully saturated rings. The Morgan fingerprint density at radius 3 is 2.62 bits per heavy atom. The Bertz CT molecular complexity index is 892. The summed E-state index contributed by atoms with van der Waals surface area (Å²) >= 11 is 1.45. The molecule has 1 aliphatic rings. The number of carbonyl (C=O) groups is 3. The monoisotopic (exact) mass is 414 g/mol. The smallest absolute Gasteiger partial charge is 0.303 e. The van der Waals surface area contributed by atoms with Crippen molar-refractivity contribution in [3.8, 4) is 0 Å². The normalized spacial score (nSPS) is 15.4. The summed E-state index contributed by atoms with van der Waals surface area (Å²) in [4.78, 5) is 37.1. The summed E-state index contributed by atoms with van der Waals surface area (Å²) in [5.41, 5.74) is 2.57. The van der Waals surface area contributed by atoms with Gasteiger partial charge in [-0.3, -0.25) is 14.4 Å². The number of hydrogen-bond acceptors (Lipinski definition) is 4. The van der Waals surface area contributed by atoms with Gasteiger partial charge in [-0.25, -0.2) is 0 Å². The number of carbonyl (C=O) groups excluding carboxylic acids is 2. The van der Waals surface area contributed by atoms with Crippen molar-refractivity contribution in [2.45, 2.75) is 52.0 Å². The van der Waals surface area contributed by atoms with Crippen LogP contribution < -0.4 is 10.6 Å². The molecule has 0 unspecified atom stereocenters. The number of anilines is 1. The molecule has 3 N–H and O–H groups in total. The van der Waals surface area contributed by atoms with Crippen LogP contribution in [0.1, 0.15) is 59.0 Å². The fourth-order valence-electron chi connectivity index (χ4n) is 3.61. The fraction of sp³-hybridized carbons (Fsp3) is 0.409. The Balaban J connectivity index is 1.80. The topological polar surface area (TPSA) is 95.5 Å². The predicted molar refractivity (Wildman–Crippen MR) is 113 cm³/mol. The largest absolute Gasteiger partial charge is 0.481 e. The second kappa shape index (κ2) is 9.69. The molecule has 1 aromatic carbocycles. The molecule has 3 rings (SSSR count). The van der Waals surface area contributed by atoms with Gasteiger partial charge in [-0.15, -0.1) is 11.3 Å². The van der Waals surface area contributed by atoms with Crippen molar-refractivity contribution in [2.24, 2.45) is 5.92 Å². The Morgan fingerprint density at radius 1 is 1.17 bits per heavy atom. The predicted octanol–water partition coefficient (Wildman–Crippen LogP) is 4.00. The third kappa shape index (κ3) is 5.44. The Morgan fingerprint density at radius 2 is 1.93 bits per heavy atom. The minimum atomic E-state index is -1.02. The zero-order valence-corrected chi connectivity index (χ0v) is 17.3. The molecule has 1 heterocycles. The fourth-order valence-corrected chi connectivity index (χ4v) is 4.98. The minimum Gasteiger partial charge on any atom is -0.481 e. The molecule has 0 radical (unpaired) electrons. The minimum absolute atomic E-state index is 0.111. The number of aliphatic carboxylic acids is 1. The molecule has 1 atom stereocenters. The van der Waals surface area contributed by atoms with Gasteiger partial charge in [-0.05, 0) is 36.3 Å². The lowest BCUT2D eigenvalue weighted by Gasteiger charge is -2.21. The van der Waals surface area contributed by atoms with Crippen LogP contribution in [0.5, 0.6) is 0 Å². The van der Waals surface area contributed by atoms with Crippen molar-refractivity contribution < 1.29 is 19.5 Å². The SMILES string of the molecule is CC[C@@H]1CCc2c(sc(NC(=O)CCC(=O)O)c2C(=O)NCc2ccccc2)C1. The first-order valence-corrected chi connectivity index (χ1v) is 10.8. The molecule has 0 saturated carbocycles. The number of hydrogen-bond donors (Lipinski definition) is 3. The number of carboxylic acids is 1. The maximum Gasteiger partial charge on any atom is 0.303 e. The van der Waals surface area contributed by atoms with Gasteiger partial charge in [0.15, 0.2) is 0 Å². The summed E-state index contributed by atoms with van der Waals surface area (Å²) in [5, 5.41) is 15.1. The van der Waals surface area contributed by atoms with E-state index >= 15 is 0 Å². The summed E-state index contributed by atoms with van der Waals surface area (Å²) in [6, 6.07) is 9.67. The highest BCUT2D eigenvalue weighted by molar-refractivity contribution is 7.17. The first-order chi connectivity index (χ1) is 14.0. The molecule has 154 valence electrons. The van der Waals surface area contributed by atoms with E-state index in [1.54, 1.807) is 0 Å². The maximum atomic E-state index is 13.0. The number of fused-ring (bicyclic) bond motifs is 1. The third-order valence-corrected chi connectivity index (χ3v) is 6.46. The van der Waals surface area contributed by atoms with Gasteiger partial charge in [0.25, 0.3) is 5.91 Å². The van der Waals surface area contributed by atoms with E-state index in [1.165, 1.54) is 11.3 Å². The highest BCUT2D eigenvalue weighted by Gasteiger charge is 2.29. The van der Waals surface area contributed by atoms with Crippen LogP contribution in [0, 0.1) is 5.92 Å². The molecule has 0 saturated heterocycles. The van der Waals surface area contributed by atoms with E-state index in [9.17, 15) is 14.4 Å². The van der Waals surface area contributed by atoms with Crippen LogP contribution in [0.25, 0.3) is 0 Å². The number of benzene rings is 1. The second-order valence-corrected chi connectivity index (χ2v) is 8.44. The molecule has 0 bridgehead atoms. The van der Waals surface area contributed by atoms with Crippen LogP contribution in [0.3, 0.4) is 0 Å². The zero-order chi connectivity index (χ0) is 20.8. The first-order valence-electron chi connectivity index (χ1n) is 9.96. The van der Waals surface area contributed by atoms with Crippen molar-refractivity contribution >= 4 is 34.1 Å². The molecule has 0 aliphatic heterocycles. The van der Waals surface area contributed by atoms with E-state index in [1.807, 2.05) is 30.3 Å². The second-order valence-electron chi connectivity index (χ2n) is 7.34. The van der Waals surface area contributed by atoms with Gasteiger partial charge in [0.2, 0.25) is 5.91 Å². The number of rotatable bonds is 8. The average molecular weight is 415 g/mol. The van der Waals surface area contributed by atoms with E-state index in [4.69, 9.17) is 5.11 Å². The van der Waals surface area contributed by atoms with Crippen molar-refractivity contribution in [2.75, 3.05) is 5.32 Å². The number of thiophene rings is 1. The molecular formula is C22H26N2O4S. The molecule has 6 nitrogen and oxygen atoms in total. The highest BCUT2D eigenvalue weighted by Crippen LogP contribution is 2.40. The molecule has 1 aromatic heterocycles. The molecule has 2 amide bonds. The van der Waals surface area contributed by atoms with Crippen molar-refractivity contribution in [3.63, 3.8) is 0 Å². The lowest BCUT2D eigenvalue weighted by Crippen LogP contribution is -2.26. The van der Waals surface area contributed by atoms with E-state index < -0.39 is 5.97 Å². The van der Waals surface area contributed by atoms with Gasteiger partial charge in [-0.2, -0.15) is 0 Å². The van der Waals surface area contributed by atoms with Crippen molar-refractivity contribution in [1.29, 1.82) is 0 Å². The van der Waals surface area contributed by atoms with Crippen LogP contribution >= 0.6 is 11.3 Å². The van der Waals surface area contributed by atoms with Gasteiger partial charge in [0.1, 0.15) is 5.00 Å². The van der Waals surface area contributed by atoms with Crippen LogP contribution in [0.2, 0.25) is 0 Å². The van der Waals surface area contributed by atoms with Crippen molar-refractivity contribution in [3.05, 3.63) is 51.9 Å². The molecule has 7 heteroatoms. The lowest BCUT2D eigenvalue weighted by atomic mass is 9.85. The molecule has 29 heavy (non-hydrogen) atoms. The van der Waals surface area contributed by atoms with Gasteiger partial charge in [0.05, 0.1) is 12.0 Å². The molecule has 2 aromatic rings. The van der Waals surface area contributed by atoms with Crippen LogP contribution in [-0.4, -0.2) is 22.9 Å². The maximum absolute atomic E-state index is 13.0. The van der Waals surface area contributed by atoms with Gasteiger partial charge in [0, 0.05) is 17.8 Å². The molecule has 0 spiro atoms. The summed E-state index contributed by atoms with van der Waals surface area (Å²) < 4.78 is 0. The Hall–Kier alpha value is -2.67. The summed E-state index contributed by atoms with van der Waals surface area (Å²) in [6.45, 7) is 2.58. The first kappa shape index (κ1) is 21.0. The summed E-state index contributed by atoms with van der Waals surface area (Å²) in [7, 11) is 0. The van der Waals surface area contributed by atoms with Crippen LogP contribution in [0.15, 0.2) is 30.3 Å². The standard InChI is InChI=1S/C22H26N2O4S/c1-2-14-8-9-16-17(12-14)29-22(24-18(25)10-11-19(26)27)20(16)21(28)23-13-15-6-4-3-5-7-15/h3-7,14H,2,8-13H2,1H3,(H,23,28)(H,24,25)(H,26,27)/t14-/m1/s1. The number of nitrogens with one attached hydrogen (secondary N) is 2. The van der Waals surface area contributed by atoms with E-state index in [0.717, 1.165) is 41.7 Å². The Labute approximate surface area is 174 Å². The van der Waals surface area contributed by atoms with E-state index in [0.29, 0.717) is 23.0 Å². The molecular weight excluding hydrogens is 388 g/mol. The zero-order valence-electron chi connectivity index (χ0n) is 16.5. The summed E-state index contributed by atoms with van der Waals surface area (Å²) in [5.74, 6) is -1.00. The van der Waals surface area contributed by atoms with Gasteiger partial charge < -0.3 is 15.7 Å². The van der Waals surface area contributed by atoms with Gasteiger partial charge in [-0.1, -0.05) is 43.7 Å². The average Bonchev–Trinajstić information content (AvgIpc) is 3.08. The molecule has 1 aliphatic carbocycles. The number of carboxylic acid groups (broad SMARTS) is 1. The lowest BCUT2D eigenvalue weighted by molar-refractivity contribution is -0.138. The quantitative estimate of drug-likeness (QED) is 0.608. The van der Waals surface area contributed by atoms with Crippen molar-refractivity contribution in [1.82, 2.24) is 5.32 Å². The van der Waals surface area contributed by atoms with E-state index in [-0.39, 0.29) is 24.7 Å². The van der Waals surface area contributed by atoms with Crippen LogP contribution in [-0.2, 0) is 29.0 Å². The van der Waals surface area contributed by atoms with Gasteiger partial charge >= 0.3 is 5.97 Å². The van der Waals surface area contributed by atoms with Crippen LogP contribution in [0.4, 0.5) is 5.00 Å². The highest BCUT2D eigenvalue weighted by atomic mass is 32.1. The Kier molecular flexibility index (Phi) is 7.04. The summed E-state index contributed by atoms with van der Waals surface area (Å²) in [6.07, 6.45) is 3.52. The van der Waals surface area contributed by atoms with E-state index in [2.05, 4.69) is 17.6 Å². The third-order valence-electron chi connectivity index (χ3n) is 5.29.